The van der Waals surface area contributed by atoms with Gasteiger partial charge >= 0.3 is 0 Å². The zero-order chi connectivity index (χ0) is 14.6. The van der Waals surface area contributed by atoms with Gasteiger partial charge in [-0.1, -0.05) is 13.0 Å². The lowest BCUT2D eigenvalue weighted by atomic mass is 9.70. The fraction of sp³-hybridized carbons (Fsp3) is 0.812. The molecule has 1 aliphatic heterocycles. The third kappa shape index (κ3) is 3.23. The Bertz CT molecular complexity index is 340. The second-order valence-electron chi connectivity index (χ2n) is 6.55. The van der Waals surface area contributed by atoms with E-state index in [4.69, 9.17) is 5.73 Å². The van der Waals surface area contributed by atoms with Crippen molar-refractivity contribution in [3.8, 4) is 0 Å². The monoisotopic (exact) mass is 279 g/mol. The lowest BCUT2D eigenvalue weighted by Gasteiger charge is -2.43. The number of piperazine rings is 1. The van der Waals surface area contributed by atoms with E-state index in [1.807, 2.05) is 11.0 Å². The third-order valence-corrected chi connectivity index (χ3v) is 5.12. The van der Waals surface area contributed by atoms with E-state index < -0.39 is 0 Å². The highest BCUT2D eigenvalue weighted by molar-refractivity contribution is 5.83. The van der Waals surface area contributed by atoms with Crippen molar-refractivity contribution in [2.45, 2.75) is 32.6 Å². The van der Waals surface area contributed by atoms with Gasteiger partial charge < -0.3 is 10.6 Å². The number of amides is 1. The quantitative estimate of drug-likeness (QED) is 0.793. The summed E-state index contributed by atoms with van der Waals surface area (Å²) in [5, 5.41) is 0. The van der Waals surface area contributed by atoms with Crippen molar-refractivity contribution in [1.82, 2.24) is 9.80 Å². The molecule has 1 heterocycles. The van der Waals surface area contributed by atoms with Crippen molar-refractivity contribution in [2.24, 2.45) is 17.1 Å². The Labute approximate surface area is 123 Å². The molecule has 1 amide bonds. The predicted octanol–water partition coefficient (Wildman–Crippen LogP) is 1.47. The number of hydrogen-bond donors (Lipinski definition) is 1. The molecule has 2 aliphatic rings. The molecule has 0 spiro atoms. The molecular formula is C16H29N3O. The zero-order valence-electron chi connectivity index (χ0n) is 12.8. The Kier molecular flexibility index (Phi) is 5.22. The van der Waals surface area contributed by atoms with E-state index in [1.54, 1.807) is 0 Å². The molecule has 20 heavy (non-hydrogen) atoms. The van der Waals surface area contributed by atoms with Crippen LogP contribution in [0.3, 0.4) is 0 Å². The molecule has 0 aromatic heterocycles. The molecule has 4 heteroatoms. The van der Waals surface area contributed by atoms with Crippen LogP contribution in [0.25, 0.3) is 0 Å². The first-order chi connectivity index (χ1) is 9.61. The van der Waals surface area contributed by atoms with Crippen molar-refractivity contribution in [1.29, 1.82) is 0 Å². The molecular weight excluding hydrogens is 250 g/mol. The lowest BCUT2D eigenvalue weighted by molar-refractivity contribution is -0.145. The fourth-order valence-corrected chi connectivity index (χ4v) is 3.47. The van der Waals surface area contributed by atoms with Crippen LogP contribution in [0.5, 0.6) is 0 Å². The van der Waals surface area contributed by atoms with Gasteiger partial charge in [-0.3, -0.25) is 9.69 Å². The number of hydrogen-bond acceptors (Lipinski definition) is 3. The Hall–Kier alpha value is -0.870. The minimum Gasteiger partial charge on any atom is -0.340 e. The van der Waals surface area contributed by atoms with Gasteiger partial charge in [0.15, 0.2) is 0 Å². The number of carbonyl (C=O) groups is 1. The van der Waals surface area contributed by atoms with Gasteiger partial charge in [0.05, 0.1) is 5.41 Å². The highest BCUT2D eigenvalue weighted by atomic mass is 16.2. The Morgan fingerprint density at radius 1 is 1.30 bits per heavy atom. The van der Waals surface area contributed by atoms with Crippen LogP contribution in [0, 0.1) is 11.3 Å². The van der Waals surface area contributed by atoms with E-state index in [1.165, 1.54) is 0 Å². The van der Waals surface area contributed by atoms with Crippen LogP contribution in [0.4, 0.5) is 0 Å². The summed E-state index contributed by atoms with van der Waals surface area (Å²) in [5.74, 6) is 1.05. The maximum Gasteiger partial charge on any atom is 0.230 e. The molecule has 1 aliphatic carbocycles. The summed E-state index contributed by atoms with van der Waals surface area (Å²) in [4.78, 5) is 17.3. The van der Waals surface area contributed by atoms with Crippen molar-refractivity contribution in [3.63, 3.8) is 0 Å². The van der Waals surface area contributed by atoms with Gasteiger partial charge in [0.2, 0.25) is 5.91 Å². The molecule has 114 valence electrons. The van der Waals surface area contributed by atoms with Crippen molar-refractivity contribution in [2.75, 3.05) is 39.3 Å². The second-order valence-corrected chi connectivity index (χ2v) is 6.55. The second kappa shape index (κ2) is 6.72. The van der Waals surface area contributed by atoms with Crippen LogP contribution >= 0.6 is 0 Å². The molecule has 0 aromatic rings. The van der Waals surface area contributed by atoms with Gasteiger partial charge in [0.1, 0.15) is 0 Å². The van der Waals surface area contributed by atoms with Gasteiger partial charge in [-0.25, -0.2) is 0 Å². The van der Waals surface area contributed by atoms with Gasteiger partial charge in [0.25, 0.3) is 0 Å². The van der Waals surface area contributed by atoms with E-state index in [-0.39, 0.29) is 5.41 Å². The third-order valence-electron chi connectivity index (χ3n) is 5.12. The SMILES string of the molecule is C=CCN1CCN(C(=O)C2(CN)CCC(C)CC2)CC1. The Balaban J connectivity index is 1.94. The van der Waals surface area contributed by atoms with Crippen LogP contribution in [0.15, 0.2) is 12.7 Å². The van der Waals surface area contributed by atoms with Crippen molar-refractivity contribution >= 4 is 5.91 Å². The Morgan fingerprint density at radius 2 is 1.90 bits per heavy atom. The topological polar surface area (TPSA) is 49.6 Å². The Morgan fingerprint density at radius 3 is 2.40 bits per heavy atom. The first-order valence-electron chi connectivity index (χ1n) is 7.94. The average molecular weight is 279 g/mol. The van der Waals surface area contributed by atoms with Gasteiger partial charge in [0, 0.05) is 39.3 Å². The highest BCUT2D eigenvalue weighted by Gasteiger charge is 2.42. The molecule has 1 saturated carbocycles. The summed E-state index contributed by atoms with van der Waals surface area (Å²) in [7, 11) is 0. The maximum absolute atomic E-state index is 12.9. The average Bonchev–Trinajstić information content (AvgIpc) is 2.49. The van der Waals surface area contributed by atoms with Crippen LogP contribution < -0.4 is 5.73 Å². The number of nitrogens with zero attached hydrogens (tertiary/aromatic N) is 2. The summed E-state index contributed by atoms with van der Waals surface area (Å²) in [6.07, 6.45) is 6.15. The van der Waals surface area contributed by atoms with E-state index in [0.29, 0.717) is 12.5 Å². The minimum absolute atomic E-state index is 0.271. The fourth-order valence-electron chi connectivity index (χ4n) is 3.47. The first kappa shape index (κ1) is 15.5. The van der Waals surface area contributed by atoms with Gasteiger partial charge in [-0.15, -0.1) is 6.58 Å². The van der Waals surface area contributed by atoms with E-state index >= 15 is 0 Å². The lowest BCUT2D eigenvalue weighted by Crippen LogP contribution is -2.55. The molecule has 1 saturated heterocycles. The summed E-state index contributed by atoms with van der Waals surface area (Å²) in [6.45, 7) is 11.1. The zero-order valence-corrected chi connectivity index (χ0v) is 12.8. The standard InChI is InChI=1S/C16H29N3O/c1-3-8-18-9-11-19(12-10-18)15(20)16(13-17)6-4-14(2)5-7-16/h3,14H,1,4-13,17H2,2H3. The van der Waals surface area contributed by atoms with Crippen molar-refractivity contribution in [3.05, 3.63) is 12.7 Å². The molecule has 0 bridgehead atoms. The molecule has 2 fully saturated rings. The van der Waals surface area contributed by atoms with E-state index in [9.17, 15) is 4.79 Å². The molecule has 0 atom stereocenters. The predicted molar refractivity (Wildman–Crippen MR) is 82.3 cm³/mol. The smallest absolute Gasteiger partial charge is 0.230 e. The van der Waals surface area contributed by atoms with Gasteiger partial charge in [-0.05, 0) is 31.6 Å². The number of rotatable bonds is 4. The summed E-state index contributed by atoms with van der Waals surface area (Å²) in [6, 6.07) is 0. The molecule has 4 nitrogen and oxygen atoms in total. The maximum atomic E-state index is 12.9. The van der Waals surface area contributed by atoms with E-state index in [2.05, 4.69) is 18.4 Å². The summed E-state index contributed by atoms with van der Waals surface area (Å²) in [5.41, 5.74) is 5.72. The summed E-state index contributed by atoms with van der Waals surface area (Å²) < 4.78 is 0. The number of nitrogens with two attached hydrogens (primary N) is 1. The molecule has 0 unspecified atom stereocenters. The van der Waals surface area contributed by atoms with E-state index in [0.717, 1.165) is 64.3 Å². The van der Waals surface area contributed by atoms with Crippen LogP contribution in [0.1, 0.15) is 32.6 Å². The normalized spacial score (nSPS) is 32.1. The molecule has 2 N–H and O–H groups in total. The molecule has 0 aromatic carbocycles. The van der Waals surface area contributed by atoms with Crippen LogP contribution in [-0.4, -0.2) is 55.0 Å². The van der Waals surface area contributed by atoms with Gasteiger partial charge in [-0.2, -0.15) is 0 Å². The summed E-state index contributed by atoms with van der Waals surface area (Å²) >= 11 is 0. The van der Waals surface area contributed by atoms with Crippen LogP contribution in [0.2, 0.25) is 0 Å². The molecule has 2 rings (SSSR count). The minimum atomic E-state index is -0.271. The van der Waals surface area contributed by atoms with Crippen LogP contribution in [-0.2, 0) is 4.79 Å². The number of carbonyl (C=O) groups excluding carboxylic acids is 1. The van der Waals surface area contributed by atoms with Crippen molar-refractivity contribution < 1.29 is 4.79 Å². The first-order valence-corrected chi connectivity index (χ1v) is 7.94. The molecule has 0 radical (unpaired) electrons. The highest BCUT2D eigenvalue weighted by Crippen LogP contribution is 2.39. The largest absolute Gasteiger partial charge is 0.340 e.